The second-order valence-electron chi connectivity index (χ2n) is 10.9. The van der Waals surface area contributed by atoms with E-state index in [1.54, 1.807) is 0 Å². The minimum absolute atomic E-state index is 0.0178. The van der Waals surface area contributed by atoms with Crippen molar-refractivity contribution in [1.29, 1.82) is 0 Å². The van der Waals surface area contributed by atoms with Crippen molar-refractivity contribution in [3.8, 4) is 17.0 Å². The van der Waals surface area contributed by atoms with Gasteiger partial charge in [-0.25, -0.2) is 22.8 Å². The lowest BCUT2D eigenvalue weighted by atomic mass is 9.87. The van der Waals surface area contributed by atoms with Gasteiger partial charge in [0.15, 0.2) is 5.82 Å². The van der Waals surface area contributed by atoms with Crippen LogP contribution in [0.15, 0.2) is 36.5 Å². The topological polar surface area (TPSA) is 110 Å². The van der Waals surface area contributed by atoms with Gasteiger partial charge in [0.2, 0.25) is 0 Å². The van der Waals surface area contributed by atoms with Gasteiger partial charge in [-0.3, -0.25) is 4.79 Å². The van der Waals surface area contributed by atoms with E-state index >= 15 is 4.39 Å². The smallest absolute Gasteiger partial charge is 0.333 e. The maximum absolute atomic E-state index is 15.7. The lowest BCUT2D eigenvalue weighted by molar-refractivity contribution is 0.00863. The number of ether oxygens (including phenoxy) is 1. The molecule has 1 fully saturated rings. The molecule has 0 unspecified atom stereocenters. The molecular weight excluding hydrogens is 599 g/mol. The number of nitrogens with one attached hydrogen (secondary N) is 1. The van der Waals surface area contributed by atoms with E-state index in [2.05, 4.69) is 15.4 Å². The monoisotopic (exact) mass is 624 g/mol. The number of alkyl halides is 2. The molecule has 1 atom stereocenters. The highest BCUT2D eigenvalue weighted by atomic mass is 35.5. The van der Waals surface area contributed by atoms with Crippen LogP contribution in [0.5, 0.6) is 5.75 Å². The molecule has 0 spiro atoms. The minimum Gasteiger partial charge on any atom is -0.494 e. The first-order chi connectivity index (χ1) is 20.1. The third-order valence-corrected chi connectivity index (χ3v) is 7.66. The summed E-state index contributed by atoms with van der Waals surface area (Å²) in [6.45, 7) is -0.789. The van der Waals surface area contributed by atoms with Crippen LogP contribution in [-0.2, 0) is 11.2 Å². The predicted molar refractivity (Wildman–Crippen MR) is 146 cm³/mol. The number of nitrogens with zero attached hydrogens (tertiary/aromatic N) is 3. The molecule has 3 N–H and O–H groups in total. The second kappa shape index (κ2) is 11.0. The molecule has 228 valence electrons. The van der Waals surface area contributed by atoms with Crippen molar-refractivity contribution in [2.75, 3.05) is 13.7 Å². The standard InChI is InChI=1S/C29H26ClF5N4O4/c1-28(2,41)17-9-22(37-25(23(17)33)16-8-18(30)20(32)10-19(16)31)29(42,15-4-5-15)12-36-26(40)13-6-14-11-39(27(34)35)38-24(14)21(7-13)43-3/h6-11,15,27,41-42H,4-5,12H2,1-3H3,(H,36,40)/t29-/m1/s1. The molecule has 8 nitrogen and oxygen atoms in total. The summed E-state index contributed by atoms with van der Waals surface area (Å²) < 4.78 is 76.4. The van der Waals surface area contributed by atoms with Gasteiger partial charge < -0.3 is 20.3 Å². The van der Waals surface area contributed by atoms with E-state index in [9.17, 15) is 32.6 Å². The van der Waals surface area contributed by atoms with Crippen molar-refractivity contribution in [3.05, 3.63) is 75.8 Å². The molecule has 14 heteroatoms. The molecule has 5 rings (SSSR count). The fourth-order valence-electron chi connectivity index (χ4n) is 4.91. The maximum atomic E-state index is 15.7. The molecule has 1 aliphatic carbocycles. The van der Waals surface area contributed by atoms with Gasteiger partial charge in [0, 0.05) is 34.3 Å². The van der Waals surface area contributed by atoms with E-state index in [0.717, 1.165) is 18.3 Å². The summed E-state index contributed by atoms with van der Waals surface area (Å²) in [4.78, 5) is 17.4. The molecule has 43 heavy (non-hydrogen) atoms. The van der Waals surface area contributed by atoms with Crippen molar-refractivity contribution in [2.24, 2.45) is 5.92 Å². The Labute approximate surface area is 247 Å². The summed E-state index contributed by atoms with van der Waals surface area (Å²) >= 11 is 5.84. The summed E-state index contributed by atoms with van der Waals surface area (Å²) in [5, 5.41) is 28.7. The fourth-order valence-corrected chi connectivity index (χ4v) is 5.07. The summed E-state index contributed by atoms with van der Waals surface area (Å²) in [7, 11) is 1.29. The lowest BCUT2D eigenvalue weighted by Crippen LogP contribution is -2.43. The van der Waals surface area contributed by atoms with Crippen LogP contribution < -0.4 is 10.1 Å². The third-order valence-electron chi connectivity index (χ3n) is 7.37. The van der Waals surface area contributed by atoms with Gasteiger partial charge in [-0.15, -0.1) is 0 Å². The Balaban J connectivity index is 1.54. The average molecular weight is 625 g/mol. The highest BCUT2D eigenvalue weighted by molar-refractivity contribution is 6.31. The number of hydrogen-bond acceptors (Lipinski definition) is 6. The first-order valence-electron chi connectivity index (χ1n) is 13.1. The molecule has 0 saturated heterocycles. The van der Waals surface area contributed by atoms with Gasteiger partial charge >= 0.3 is 6.55 Å². The highest BCUT2D eigenvalue weighted by Gasteiger charge is 2.47. The lowest BCUT2D eigenvalue weighted by Gasteiger charge is -2.31. The SMILES string of the molecule is COc1cc(C(=O)NC[C@](O)(c2cc(C(C)(C)O)c(F)c(-c3cc(Cl)c(F)cc3F)n2)C2CC2)cc2cn(C(F)F)nc12. The fraction of sp³-hybridized carbons (Fsp3) is 0.345. The zero-order chi connectivity index (χ0) is 31.4. The van der Waals surface area contributed by atoms with E-state index in [4.69, 9.17) is 16.3 Å². The molecule has 2 aromatic heterocycles. The molecule has 0 bridgehead atoms. The van der Waals surface area contributed by atoms with Crippen LogP contribution in [0.3, 0.4) is 0 Å². The number of amides is 1. The van der Waals surface area contributed by atoms with Crippen molar-refractivity contribution in [2.45, 2.75) is 44.4 Å². The first-order valence-corrected chi connectivity index (χ1v) is 13.5. The van der Waals surface area contributed by atoms with Crippen LogP contribution in [0, 0.1) is 23.4 Å². The Morgan fingerprint density at radius 1 is 1.14 bits per heavy atom. The average Bonchev–Trinajstić information content (AvgIpc) is 3.71. The van der Waals surface area contributed by atoms with Crippen LogP contribution in [0.2, 0.25) is 5.02 Å². The summed E-state index contributed by atoms with van der Waals surface area (Å²) in [6.07, 6.45) is 2.09. The molecule has 2 aromatic carbocycles. The third kappa shape index (κ3) is 5.76. The van der Waals surface area contributed by atoms with Crippen LogP contribution in [0.1, 0.15) is 54.9 Å². The van der Waals surface area contributed by atoms with Crippen molar-refractivity contribution in [3.63, 3.8) is 0 Å². The summed E-state index contributed by atoms with van der Waals surface area (Å²) in [5.41, 5.74) is -5.21. The van der Waals surface area contributed by atoms with Crippen molar-refractivity contribution >= 4 is 28.4 Å². The number of fused-ring (bicyclic) bond motifs is 1. The zero-order valence-electron chi connectivity index (χ0n) is 23.1. The number of hydrogen-bond donors (Lipinski definition) is 3. The van der Waals surface area contributed by atoms with E-state index < -0.39 is 69.9 Å². The van der Waals surface area contributed by atoms with Crippen LogP contribution in [0.25, 0.3) is 22.2 Å². The number of halogens is 6. The van der Waals surface area contributed by atoms with E-state index in [0.29, 0.717) is 23.6 Å². The molecule has 0 radical (unpaired) electrons. The summed E-state index contributed by atoms with van der Waals surface area (Å²) in [6, 6.07) is 5.10. The van der Waals surface area contributed by atoms with Crippen molar-refractivity contribution in [1.82, 2.24) is 20.1 Å². The van der Waals surface area contributed by atoms with Gasteiger partial charge in [0.1, 0.15) is 34.2 Å². The number of aromatic nitrogens is 3. The summed E-state index contributed by atoms with van der Waals surface area (Å²) in [5.74, 6) is -4.43. The van der Waals surface area contributed by atoms with Gasteiger partial charge in [0.25, 0.3) is 5.91 Å². The Hall–Kier alpha value is -3.81. The van der Waals surface area contributed by atoms with Crippen LogP contribution >= 0.6 is 11.6 Å². The maximum Gasteiger partial charge on any atom is 0.333 e. The molecule has 0 aliphatic heterocycles. The van der Waals surface area contributed by atoms with Crippen LogP contribution in [-0.4, -0.2) is 44.5 Å². The Kier molecular flexibility index (Phi) is 7.86. The van der Waals surface area contributed by atoms with Gasteiger partial charge in [0.05, 0.1) is 30.0 Å². The number of pyridine rings is 1. The van der Waals surface area contributed by atoms with E-state index in [1.807, 2.05) is 0 Å². The molecule has 4 aromatic rings. The number of rotatable bonds is 9. The highest BCUT2D eigenvalue weighted by Crippen LogP contribution is 2.46. The molecule has 1 amide bonds. The molecule has 1 saturated carbocycles. The van der Waals surface area contributed by atoms with E-state index in [-0.39, 0.29) is 33.5 Å². The minimum atomic E-state index is -2.91. The molecular formula is C29H26ClF5N4O4. The first kappa shape index (κ1) is 30.6. The van der Waals surface area contributed by atoms with Gasteiger partial charge in [-0.05, 0) is 56.9 Å². The van der Waals surface area contributed by atoms with E-state index in [1.165, 1.54) is 33.1 Å². The normalized spacial score (nSPS) is 15.2. The largest absolute Gasteiger partial charge is 0.494 e. The zero-order valence-corrected chi connectivity index (χ0v) is 23.8. The molecule has 2 heterocycles. The van der Waals surface area contributed by atoms with Gasteiger partial charge in [-0.2, -0.15) is 13.9 Å². The number of benzene rings is 2. The second-order valence-corrected chi connectivity index (χ2v) is 11.3. The predicted octanol–water partition coefficient (Wildman–Crippen LogP) is 5.83. The number of aliphatic hydroxyl groups is 2. The Bertz CT molecular complexity index is 1740. The number of carbonyl (C=O) groups excluding carboxylic acids is 1. The quantitative estimate of drug-likeness (QED) is 0.160. The van der Waals surface area contributed by atoms with Crippen molar-refractivity contribution < 1.29 is 41.7 Å². The number of methoxy groups -OCH3 is 1. The Morgan fingerprint density at radius 2 is 1.84 bits per heavy atom. The Morgan fingerprint density at radius 3 is 2.44 bits per heavy atom. The van der Waals surface area contributed by atoms with Gasteiger partial charge in [-0.1, -0.05) is 11.6 Å². The molecule has 1 aliphatic rings. The van der Waals surface area contributed by atoms with Crippen LogP contribution in [0.4, 0.5) is 22.0 Å². The number of carbonyl (C=O) groups is 1.